The zero-order valence-electron chi connectivity index (χ0n) is 18.8. The van der Waals surface area contributed by atoms with E-state index in [0.29, 0.717) is 18.3 Å². The van der Waals surface area contributed by atoms with Gasteiger partial charge in [0.05, 0.1) is 6.54 Å². The number of Topliss-reactive ketones (excluding diaryl/α,β-unsaturated/α-hetero) is 1. The van der Waals surface area contributed by atoms with Crippen molar-refractivity contribution in [3.63, 3.8) is 0 Å². The van der Waals surface area contributed by atoms with Gasteiger partial charge in [-0.2, -0.15) is 0 Å². The van der Waals surface area contributed by atoms with Crippen LogP contribution in [0.1, 0.15) is 66.2 Å². The van der Waals surface area contributed by atoms with E-state index in [0.717, 1.165) is 32.1 Å². The van der Waals surface area contributed by atoms with Crippen LogP contribution in [-0.2, 0) is 19.1 Å². The molecule has 0 aromatic carbocycles. The summed E-state index contributed by atoms with van der Waals surface area (Å²) in [5.74, 6) is 0.871. The summed E-state index contributed by atoms with van der Waals surface area (Å²) in [7, 11) is 0. The number of ketones is 2. The zero-order valence-corrected chi connectivity index (χ0v) is 18.8. The molecular weight excluding hydrogens is 378 g/mol. The maximum Gasteiger partial charge on any atom is 0.320 e. The van der Waals surface area contributed by atoms with Gasteiger partial charge < -0.3 is 10.5 Å². The van der Waals surface area contributed by atoms with Crippen molar-refractivity contribution in [1.29, 1.82) is 0 Å². The van der Waals surface area contributed by atoms with E-state index in [1.807, 2.05) is 6.08 Å². The monoisotopic (exact) mass is 413 g/mol. The summed E-state index contributed by atoms with van der Waals surface area (Å²) >= 11 is 0. The van der Waals surface area contributed by atoms with Crippen LogP contribution in [0.2, 0.25) is 0 Å². The molecule has 0 heterocycles. The SMILES string of the molecule is C[C@H]1CC2C3CCC4=CC(=O)CC[C@]4(C)C3=CC[C@]2(C)[C@@]1(C)C(=O)COC(=O)CN. The van der Waals surface area contributed by atoms with Crippen molar-refractivity contribution < 1.29 is 19.1 Å². The van der Waals surface area contributed by atoms with Crippen molar-refractivity contribution in [3.8, 4) is 0 Å². The van der Waals surface area contributed by atoms with Crippen LogP contribution >= 0.6 is 0 Å². The van der Waals surface area contributed by atoms with Crippen LogP contribution in [-0.4, -0.2) is 30.7 Å². The Morgan fingerprint density at radius 1 is 1.23 bits per heavy atom. The van der Waals surface area contributed by atoms with Crippen molar-refractivity contribution in [2.45, 2.75) is 66.2 Å². The first-order chi connectivity index (χ1) is 14.1. The van der Waals surface area contributed by atoms with Crippen LogP contribution in [0.25, 0.3) is 0 Å². The van der Waals surface area contributed by atoms with Crippen molar-refractivity contribution in [2.75, 3.05) is 13.2 Å². The molecule has 4 aliphatic rings. The van der Waals surface area contributed by atoms with E-state index in [9.17, 15) is 14.4 Å². The Bertz CT molecular complexity index is 857. The Morgan fingerprint density at radius 2 is 1.97 bits per heavy atom. The van der Waals surface area contributed by atoms with E-state index in [1.165, 1.54) is 11.1 Å². The third-order valence-corrected chi connectivity index (χ3v) is 9.62. The predicted octanol–water partition coefficient (Wildman–Crippen LogP) is 3.76. The van der Waals surface area contributed by atoms with Gasteiger partial charge >= 0.3 is 5.97 Å². The van der Waals surface area contributed by atoms with E-state index >= 15 is 0 Å². The van der Waals surface area contributed by atoms with Crippen LogP contribution in [0.3, 0.4) is 0 Å². The first kappa shape index (κ1) is 21.5. The van der Waals surface area contributed by atoms with Gasteiger partial charge in [-0.25, -0.2) is 0 Å². The van der Waals surface area contributed by atoms with Crippen molar-refractivity contribution >= 4 is 17.5 Å². The number of esters is 1. The second-order valence-electron chi connectivity index (χ2n) is 10.6. The molecular formula is C25H35NO4. The highest BCUT2D eigenvalue weighted by molar-refractivity contribution is 5.92. The van der Waals surface area contributed by atoms with E-state index in [1.54, 1.807) is 0 Å². The first-order valence-corrected chi connectivity index (χ1v) is 11.4. The van der Waals surface area contributed by atoms with Crippen LogP contribution in [0.4, 0.5) is 0 Å². The Balaban J connectivity index is 1.67. The molecule has 2 fully saturated rings. The Hall–Kier alpha value is -1.75. The highest BCUT2D eigenvalue weighted by Gasteiger charge is 2.65. The summed E-state index contributed by atoms with van der Waals surface area (Å²) < 4.78 is 5.14. The van der Waals surface area contributed by atoms with Gasteiger partial charge in [0.25, 0.3) is 0 Å². The van der Waals surface area contributed by atoms with E-state index in [2.05, 4.69) is 33.8 Å². The van der Waals surface area contributed by atoms with Crippen LogP contribution in [0, 0.1) is 34.0 Å². The quantitative estimate of drug-likeness (QED) is 0.560. The number of allylic oxidation sites excluding steroid dienone is 4. The van der Waals surface area contributed by atoms with Gasteiger partial charge in [-0.3, -0.25) is 14.4 Å². The van der Waals surface area contributed by atoms with Crippen molar-refractivity contribution in [1.82, 2.24) is 0 Å². The van der Waals surface area contributed by atoms with Crippen molar-refractivity contribution in [3.05, 3.63) is 23.3 Å². The molecule has 5 heteroatoms. The molecule has 2 N–H and O–H groups in total. The van der Waals surface area contributed by atoms with Crippen LogP contribution < -0.4 is 5.73 Å². The summed E-state index contributed by atoms with van der Waals surface area (Å²) in [5, 5.41) is 0. The minimum absolute atomic E-state index is 0.00104. The second kappa shape index (κ2) is 7.15. The van der Waals surface area contributed by atoms with Gasteiger partial charge in [-0.05, 0) is 61.3 Å². The Morgan fingerprint density at radius 3 is 2.67 bits per heavy atom. The molecule has 5 nitrogen and oxygen atoms in total. The largest absolute Gasteiger partial charge is 0.457 e. The highest BCUT2D eigenvalue weighted by atomic mass is 16.5. The average Bonchev–Trinajstić information content (AvgIpc) is 2.93. The molecule has 0 aromatic heterocycles. The van der Waals surface area contributed by atoms with Gasteiger partial charge in [0, 0.05) is 17.3 Å². The number of carbonyl (C=O) groups is 3. The first-order valence-electron chi connectivity index (χ1n) is 11.4. The maximum atomic E-state index is 13.4. The lowest BCUT2D eigenvalue weighted by molar-refractivity contribution is -0.154. The van der Waals surface area contributed by atoms with Crippen molar-refractivity contribution in [2.24, 2.45) is 39.7 Å². The molecule has 164 valence electrons. The van der Waals surface area contributed by atoms with Gasteiger partial charge in [0.2, 0.25) is 0 Å². The molecule has 0 aromatic rings. The summed E-state index contributed by atoms with van der Waals surface area (Å²) in [6.45, 7) is 8.47. The number of nitrogens with two attached hydrogens (primary N) is 1. The molecule has 4 rings (SSSR count). The molecule has 0 spiro atoms. The van der Waals surface area contributed by atoms with Crippen LogP contribution in [0.15, 0.2) is 23.3 Å². The average molecular weight is 414 g/mol. The van der Waals surface area contributed by atoms with E-state index in [-0.39, 0.29) is 41.5 Å². The third-order valence-electron chi connectivity index (χ3n) is 9.62. The fraction of sp³-hybridized carbons (Fsp3) is 0.720. The zero-order chi connectivity index (χ0) is 21.9. The van der Waals surface area contributed by atoms with Gasteiger partial charge in [0.15, 0.2) is 18.2 Å². The standard InChI is InChI=1S/C25H35NO4/c1-15-11-20-18-6-5-16-12-17(27)7-9-23(16,2)19(18)8-10-24(20,3)25(15,4)21(28)14-30-22(29)13-26/h8,12,15,18,20H,5-7,9-11,13-14,26H2,1-4H3/t15-,18?,20?,23-,24-,25+/m0/s1. The molecule has 0 radical (unpaired) electrons. The van der Waals surface area contributed by atoms with Gasteiger partial charge in [0.1, 0.15) is 0 Å². The lowest BCUT2D eigenvalue weighted by atomic mass is 9.48. The minimum atomic E-state index is -0.534. The van der Waals surface area contributed by atoms with Gasteiger partial charge in [-0.15, -0.1) is 0 Å². The second-order valence-corrected chi connectivity index (χ2v) is 10.6. The number of ether oxygens (including phenoxy) is 1. The lowest BCUT2D eigenvalue weighted by Gasteiger charge is -2.55. The number of hydrogen-bond acceptors (Lipinski definition) is 5. The molecule has 0 bridgehead atoms. The molecule has 2 saturated carbocycles. The summed E-state index contributed by atoms with van der Waals surface area (Å²) in [6.07, 6.45) is 9.75. The Kier molecular flexibility index (Phi) is 5.12. The summed E-state index contributed by atoms with van der Waals surface area (Å²) in [4.78, 5) is 36.9. The molecule has 30 heavy (non-hydrogen) atoms. The van der Waals surface area contributed by atoms with E-state index in [4.69, 9.17) is 10.5 Å². The summed E-state index contributed by atoms with van der Waals surface area (Å²) in [6, 6.07) is 0. The van der Waals surface area contributed by atoms with E-state index < -0.39 is 11.4 Å². The predicted molar refractivity (Wildman–Crippen MR) is 114 cm³/mol. The topological polar surface area (TPSA) is 86.5 Å². The minimum Gasteiger partial charge on any atom is -0.457 e. The van der Waals surface area contributed by atoms with Crippen LogP contribution in [0.5, 0.6) is 0 Å². The normalized spacial score (nSPS) is 42.4. The number of hydrogen-bond donors (Lipinski definition) is 1. The molecule has 0 aliphatic heterocycles. The molecule has 4 aliphatic carbocycles. The molecule has 6 atom stereocenters. The highest BCUT2D eigenvalue weighted by Crippen LogP contribution is 2.69. The number of rotatable bonds is 4. The fourth-order valence-electron chi connectivity index (χ4n) is 7.37. The number of fused-ring (bicyclic) bond motifs is 5. The van der Waals surface area contributed by atoms with Gasteiger partial charge in [-0.1, -0.05) is 44.9 Å². The summed E-state index contributed by atoms with van der Waals surface area (Å²) in [5.41, 5.74) is 7.46. The Labute approximate surface area is 179 Å². The lowest BCUT2D eigenvalue weighted by Crippen LogP contribution is -2.51. The molecule has 0 amide bonds. The number of carbonyl (C=O) groups excluding carboxylic acids is 3. The smallest absolute Gasteiger partial charge is 0.320 e. The fourth-order valence-corrected chi connectivity index (χ4v) is 7.37. The molecule has 0 saturated heterocycles. The third kappa shape index (κ3) is 2.80. The maximum absolute atomic E-state index is 13.4. The molecule has 2 unspecified atom stereocenters.